The molecule has 2 rings (SSSR count). The molecule has 0 unspecified atom stereocenters. The Morgan fingerprint density at radius 3 is 2.58 bits per heavy atom. The summed E-state index contributed by atoms with van der Waals surface area (Å²) in [5, 5.41) is 2.80. The Balaban J connectivity index is 1.94. The average Bonchev–Trinajstić information content (AvgIpc) is 2.77. The molecule has 0 bridgehead atoms. The number of nitrogen functional groups attached to an aromatic ring is 1. The molecule has 100 valence electrons. The third-order valence-corrected chi connectivity index (χ3v) is 3.75. The van der Waals surface area contributed by atoms with Gasteiger partial charge in [0.2, 0.25) is 0 Å². The molecule has 0 fully saturated rings. The first-order valence-electron chi connectivity index (χ1n) is 5.66. The van der Waals surface area contributed by atoms with Gasteiger partial charge >= 0.3 is 6.03 Å². The molecule has 0 atom stereocenters. The van der Waals surface area contributed by atoms with Crippen LogP contribution in [0, 0.1) is 0 Å². The van der Waals surface area contributed by atoms with E-state index in [1.807, 2.05) is 12.1 Å². The van der Waals surface area contributed by atoms with Crippen LogP contribution >= 0.6 is 22.9 Å². The molecule has 0 aliphatic rings. The van der Waals surface area contributed by atoms with Crippen LogP contribution in [-0.4, -0.2) is 18.0 Å². The Bertz CT molecular complexity index is 568. The number of nitrogens with two attached hydrogens (primary N) is 1. The minimum absolute atomic E-state index is 0.172. The van der Waals surface area contributed by atoms with Crippen molar-refractivity contribution in [2.45, 2.75) is 6.54 Å². The van der Waals surface area contributed by atoms with Crippen molar-refractivity contribution in [3.05, 3.63) is 45.6 Å². The van der Waals surface area contributed by atoms with Gasteiger partial charge < -0.3 is 16.0 Å². The van der Waals surface area contributed by atoms with Crippen LogP contribution < -0.4 is 11.1 Å². The van der Waals surface area contributed by atoms with Crippen molar-refractivity contribution in [1.29, 1.82) is 0 Å². The summed E-state index contributed by atoms with van der Waals surface area (Å²) in [6, 6.07) is 10.6. The van der Waals surface area contributed by atoms with Gasteiger partial charge in [-0.15, -0.1) is 11.3 Å². The van der Waals surface area contributed by atoms with E-state index in [9.17, 15) is 4.79 Å². The second-order valence-electron chi connectivity index (χ2n) is 4.11. The number of amides is 2. The summed E-state index contributed by atoms with van der Waals surface area (Å²) in [6.45, 7) is 0.526. The summed E-state index contributed by atoms with van der Waals surface area (Å²) in [5.74, 6) is 0. The second kappa shape index (κ2) is 5.95. The predicted octanol–water partition coefficient (Wildman–Crippen LogP) is 3.65. The predicted molar refractivity (Wildman–Crippen MR) is 80.7 cm³/mol. The standard InChI is InChI=1S/C13H14ClN3OS/c1-17(8-11-6-7-12(14)19-11)13(18)16-10-4-2-9(15)3-5-10/h2-7H,8,15H2,1H3,(H,16,18). The van der Waals surface area contributed by atoms with Crippen molar-refractivity contribution >= 4 is 40.3 Å². The molecule has 1 heterocycles. The SMILES string of the molecule is CN(Cc1ccc(Cl)s1)C(=O)Nc1ccc(N)cc1. The summed E-state index contributed by atoms with van der Waals surface area (Å²) < 4.78 is 0.724. The van der Waals surface area contributed by atoms with E-state index >= 15 is 0 Å². The van der Waals surface area contributed by atoms with Gasteiger partial charge in [-0.25, -0.2) is 4.79 Å². The van der Waals surface area contributed by atoms with Crippen LogP contribution in [-0.2, 0) is 6.54 Å². The lowest BCUT2D eigenvalue weighted by Crippen LogP contribution is -2.30. The lowest BCUT2D eigenvalue weighted by atomic mass is 10.3. The largest absolute Gasteiger partial charge is 0.399 e. The molecule has 3 N–H and O–H groups in total. The Labute approximate surface area is 120 Å². The Kier molecular flexibility index (Phi) is 4.29. The Morgan fingerprint density at radius 2 is 2.00 bits per heavy atom. The fourth-order valence-corrected chi connectivity index (χ4v) is 2.67. The molecule has 0 aliphatic heterocycles. The fourth-order valence-electron chi connectivity index (χ4n) is 1.53. The minimum Gasteiger partial charge on any atom is -0.399 e. The number of hydrogen-bond donors (Lipinski definition) is 2. The number of rotatable bonds is 3. The molecule has 4 nitrogen and oxygen atoms in total. The van der Waals surface area contributed by atoms with Crippen LogP contribution in [0.5, 0.6) is 0 Å². The van der Waals surface area contributed by atoms with E-state index < -0.39 is 0 Å². The van der Waals surface area contributed by atoms with E-state index in [2.05, 4.69) is 5.32 Å². The van der Waals surface area contributed by atoms with Gasteiger partial charge in [0, 0.05) is 23.3 Å². The fraction of sp³-hybridized carbons (Fsp3) is 0.154. The molecule has 2 amide bonds. The summed E-state index contributed by atoms with van der Waals surface area (Å²) >= 11 is 7.32. The molecule has 6 heteroatoms. The Morgan fingerprint density at radius 1 is 1.32 bits per heavy atom. The summed E-state index contributed by atoms with van der Waals surface area (Å²) in [6.07, 6.45) is 0. The summed E-state index contributed by atoms with van der Waals surface area (Å²) in [7, 11) is 1.74. The first kappa shape index (κ1) is 13.7. The third-order valence-electron chi connectivity index (χ3n) is 2.53. The third kappa shape index (κ3) is 3.87. The smallest absolute Gasteiger partial charge is 0.321 e. The number of benzene rings is 1. The zero-order valence-electron chi connectivity index (χ0n) is 10.4. The highest BCUT2D eigenvalue weighted by molar-refractivity contribution is 7.16. The van der Waals surface area contributed by atoms with E-state index in [0.717, 1.165) is 14.9 Å². The van der Waals surface area contributed by atoms with E-state index in [1.54, 1.807) is 36.2 Å². The van der Waals surface area contributed by atoms with Crippen LogP contribution in [0.25, 0.3) is 0 Å². The molecule has 0 radical (unpaired) electrons. The van der Waals surface area contributed by atoms with Crippen molar-refractivity contribution in [2.24, 2.45) is 0 Å². The topological polar surface area (TPSA) is 58.4 Å². The summed E-state index contributed by atoms with van der Waals surface area (Å²) in [4.78, 5) is 14.6. The number of thiophene rings is 1. The molecule has 0 saturated carbocycles. The highest BCUT2D eigenvalue weighted by Crippen LogP contribution is 2.22. The lowest BCUT2D eigenvalue weighted by molar-refractivity contribution is 0.221. The van der Waals surface area contributed by atoms with E-state index in [-0.39, 0.29) is 6.03 Å². The number of carbonyl (C=O) groups excluding carboxylic acids is 1. The maximum atomic E-state index is 12.0. The number of carbonyl (C=O) groups is 1. The monoisotopic (exact) mass is 295 g/mol. The zero-order valence-corrected chi connectivity index (χ0v) is 12.0. The minimum atomic E-state index is -0.172. The van der Waals surface area contributed by atoms with Crippen LogP contribution in [0.4, 0.5) is 16.2 Å². The van der Waals surface area contributed by atoms with Crippen molar-refractivity contribution < 1.29 is 4.79 Å². The van der Waals surface area contributed by atoms with Gasteiger partial charge in [0.25, 0.3) is 0 Å². The second-order valence-corrected chi connectivity index (χ2v) is 5.91. The number of nitrogens with zero attached hydrogens (tertiary/aromatic N) is 1. The van der Waals surface area contributed by atoms with Crippen LogP contribution in [0.3, 0.4) is 0 Å². The number of anilines is 2. The first-order valence-corrected chi connectivity index (χ1v) is 6.86. The molecule has 0 spiro atoms. The lowest BCUT2D eigenvalue weighted by Gasteiger charge is -2.17. The van der Waals surface area contributed by atoms with Crippen LogP contribution in [0.15, 0.2) is 36.4 Å². The van der Waals surface area contributed by atoms with Crippen LogP contribution in [0.1, 0.15) is 4.88 Å². The van der Waals surface area contributed by atoms with E-state index in [4.69, 9.17) is 17.3 Å². The summed E-state index contributed by atoms with van der Waals surface area (Å²) in [5.41, 5.74) is 6.97. The maximum Gasteiger partial charge on any atom is 0.321 e. The molecule has 0 aliphatic carbocycles. The van der Waals surface area contributed by atoms with Crippen molar-refractivity contribution in [1.82, 2.24) is 4.90 Å². The van der Waals surface area contributed by atoms with Gasteiger partial charge in [0.05, 0.1) is 10.9 Å². The molecule has 1 aromatic heterocycles. The molecule has 1 aromatic carbocycles. The van der Waals surface area contributed by atoms with Crippen molar-refractivity contribution in [3.63, 3.8) is 0 Å². The van der Waals surface area contributed by atoms with E-state index in [1.165, 1.54) is 11.3 Å². The Hall–Kier alpha value is -1.72. The normalized spacial score (nSPS) is 10.2. The van der Waals surface area contributed by atoms with Gasteiger partial charge in [-0.2, -0.15) is 0 Å². The van der Waals surface area contributed by atoms with E-state index in [0.29, 0.717) is 12.2 Å². The van der Waals surface area contributed by atoms with Crippen molar-refractivity contribution in [3.8, 4) is 0 Å². The molecule has 19 heavy (non-hydrogen) atoms. The number of hydrogen-bond acceptors (Lipinski definition) is 3. The molecular weight excluding hydrogens is 282 g/mol. The maximum absolute atomic E-state index is 12.0. The van der Waals surface area contributed by atoms with Gasteiger partial charge in [-0.05, 0) is 36.4 Å². The number of halogens is 1. The molecular formula is C13H14ClN3OS. The quantitative estimate of drug-likeness (QED) is 0.849. The average molecular weight is 296 g/mol. The zero-order chi connectivity index (χ0) is 13.8. The number of urea groups is 1. The molecule has 2 aromatic rings. The number of nitrogens with one attached hydrogen (secondary N) is 1. The molecule has 0 saturated heterocycles. The van der Waals surface area contributed by atoms with Gasteiger partial charge in [0.1, 0.15) is 0 Å². The first-order chi connectivity index (χ1) is 9.04. The highest BCUT2D eigenvalue weighted by atomic mass is 35.5. The van der Waals surface area contributed by atoms with Crippen LogP contribution in [0.2, 0.25) is 4.34 Å². The van der Waals surface area contributed by atoms with Crippen molar-refractivity contribution in [2.75, 3.05) is 18.1 Å². The van der Waals surface area contributed by atoms with Gasteiger partial charge in [-0.1, -0.05) is 11.6 Å². The van der Waals surface area contributed by atoms with Gasteiger partial charge in [0.15, 0.2) is 0 Å². The van der Waals surface area contributed by atoms with Gasteiger partial charge in [-0.3, -0.25) is 0 Å². The highest BCUT2D eigenvalue weighted by Gasteiger charge is 2.10.